The van der Waals surface area contributed by atoms with E-state index in [4.69, 9.17) is 0 Å². The highest BCUT2D eigenvalue weighted by Gasteiger charge is 2.42. The van der Waals surface area contributed by atoms with Crippen molar-refractivity contribution in [2.75, 3.05) is 13.1 Å². The van der Waals surface area contributed by atoms with Gasteiger partial charge >= 0.3 is 0 Å². The standard InChI is InChI=1S/C28H24N4O3/c1-30-14-20(18-6-2-4-8-21(18)30)25-26(28(35)29-27(25)34)24-19-7-3-5-9-22(19)32-13-17-12-31(15-33)11-16(17)10-23(24)32/h2-9,14-17H,10-13H2,1H3,(H,29,34,35)/t16-,17+/m0/s1. The zero-order valence-corrected chi connectivity index (χ0v) is 19.3. The van der Waals surface area contributed by atoms with Crippen LogP contribution in [0.25, 0.3) is 33.0 Å². The first-order valence-electron chi connectivity index (χ1n) is 12.0. The van der Waals surface area contributed by atoms with Gasteiger partial charge in [0.15, 0.2) is 0 Å². The monoisotopic (exact) mass is 464 g/mol. The number of hydrogen-bond donors (Lipinski definition) is 1. The molecule has 35 heavy (non-hydrogen) atoms. The Balaban J connectivity index is 1.51. The van der Waals surface area contributed by atoms with Gasteiger partial charge in [-0.2, -0.15) is 0 Å². The zero-order valence-electron chi connectivity index (χ0n) is 19.3. The molecule has 0 bridgehead atoms. The van der Waals surface area contributed by atoms with E-state index >= 15 is 0 Å². The summed E-state index contributed by atoms with van der Waals surface area (Å²) in [7, 11) is 1.95. The van der Waals surface area contributed by atoms with Gasteiger partial charge < -0.3 is 14.0 Å². The number of amides is 3. The number of aromatic nitrogens is 2. The maximum absolute atomic E-state index is 13.4. The van der Waals surface area contributed by atoms with E-state index in [-0.39, 0.29) is 11.8 Å². The molecule has 0 radical (unpaired) electrons. The minimum Gasteiger partial charge on any atom is -0.350 e. The Labute approximate surface area is 201 Å². The molecule has 3 amide bonds. The number of nitrogens with one attached hydrogen (secondary N) is 1. The third kappa shape index (κ3) is 2.75. The molecular weight excluding hydrogens is 440 g/mol. The van der Waals surface area contributed by atoms with E-state index in [0.29, 0.717) is 23.0 Å². The van der Waals surface area contributed by atoms with Crippen molar-refractivity contribution in [1.82, 2.24) is 19.4 Å². The molecule has 2 aromatic carbocycles. The zero-order chi connectivity index (χ0) is 23.8. The predicted octanol–water partition coefficient (Wildman–Crippen LogP) is 2.96. The Kier molecular flexibility index (Phi) is 4.16. The van der Waals surface area contributed by atoms with Crippen molar-refractivity contribution >= 4 is 51.2 Å². The summed E-state index contributed by atoms with van der Waals surface area (Å²) in [5.41, 5.74) is 5.68. The fourth-order valence-corrected chi connectivity index (χ4v) is 6.53. The number of likely N-dealkylation sites (tertiary alicyclic amines) is 1. The number of carbonyl (C=O) groups is 3. The van der Waals surface area contributed by atoms with Crippen molar-refractivity contribution in [1.29, 1.82) is 0 Å². The first-order valence-corrected chi connectivity index (χ1v) is 12.0. The maximum atomic E-state index is 13.4. The summed E-state index contributed by atoms with van der Waals surface area (Å²) in [6, 6.07) is 16.1. The Bertz CT molecular complexity index is 1620. The summed E-state index contributed by atoms with van der Waals surface area (Å²) in [5, 5.41) is 4.53. The van der Waals surface area contributed by atoms with E-state index in [1.54, 1.807) is 0 Å². The molecule has 0 unspecified atom stereocenters. The molecule has 5 heterocycles. The molecular formula is C28H24N4O3. The van der Waals surface area contributed by atoms with Crippen LogP contribution < -0.4 is 5.32 Å². The van der Waals surface area contributed by atoms with Crippen LogP contribution in [0.1, 0.15) is 16.8 Å². The molecule has 7 heteroatoms. The van der Waals surface area contributed by atoms with Gasteiger partial charge in [-0.1, -0.05) is 36.4 Å². The molecule has 7 nitrogen and oxygen atoms in total. The van der Waals surface area contributed by atoms with Crippen LogP contribution in [0.5, 0.6) is 0 Å². The Hall–Kier alpha value is -4.13. The van der Waals surface area contributed by atoms with Crippen molar-refractivity contribution in [3.63, 3.8) is 0 Å². The molecule has 7 rings (SSSR count). The van der Waals surface area contributed by atoms with Gasteiger partial charge in [0.05, 0.1) is 11.1 Å². The topological polar surface area (TPSA) is 76.3 Å². The fraction of sp³-hybridized carbons (Fsp3) is 0.250. The number of nitrogens with zero attached hydrogens (tertiary/aromatic N) is 3. The van der Waals surface area contributed by atoms with Crippen molar-refractivity contribution in [2.45, 2.75) is 13.0 Å². The third-order valence-corrected chi connectivity index (χ3v) is 8.05. The van der Waals surface area contributed by atoms with Gasteiger partial charge in [-0.05, 0) is 30.4 Å². The minimum absolute atomic E-state index is 0.345. The number of benzene rings is 2. The molecule has 174 valence electrons. The number of carbonyl (C=O) groups excluding carboxylic acids is 3. The lowest BCUT2D eigenvalue weighted by Gasteiger charge is -2.28. The molecule has 2 aromatic heterocycles. The SMILES string of the molecule is Cn1cc(C2=C(c3c4n(c5ccccc35)C[C@H]3CN(C=O)C[C@@H]3C4)C(=O)NC2=O)c2ccccc21. The number of imide groups is 1. The molecule has 1 N–H and O–H groups in total. The highest BCUT2D eigenvalue weighted by molar-refractivity contribution is 6.51. The van der Waals surface area contributed by atoms with E-state index in [2.05, 4.69) is 16.0 Å². The van der Waals surface area contributed by atoms with Crippen LogP contribution >= 0.6 is 0 Å². The average Bonchev–Trinajstić information content (AvgIpc) is 3.58. The third-order valence-electron chi connectivity index (χ3n) is 8.05. The van der Waals surface area contributed by atoms with Crippen LogP contribution in [0, 0.1) is 11.8 Å². The number of para-hydroxylation sites is 2. The molecule has 3 aliphatic rings. The maximum Gasteiger partial charge on any atom is 0.259 e. The Morgan fingerprint density at radius 1 is 0.857 bits per heavy atom. The second-order valence-electron chi connectivity index (χ2n) is 9.94. The van der Waals surface area contributed by atoms with Crippen molar-refractivity contribution in [3.8, 4) is 0 Å². The summed E-state index contributed by atoms with van der Waals surface area (Å²) in [4.78, 5) is 40.0. The molecule has 0 saturated carbocycles. The number of fused-ring (bicyclic) bond motifs is 5. The lowest BCUT2D eigenvalue weighted by molar-refractivity contribution is -0.123. The molecule has 2 atom stereocenters. The van der Waals surface area contributed by atoms with Crippen molar-refractivity contribution in [3.05, 3.63) is 71.5 Å². The molecule has 0 spiro atoms. The summed E-state index contributed by atoms with van der Waals surface area (Å²) < 4.78 is 4.31. The van der Waals surface area contributed by atoms with Gasteiger partial charge in [-0.3, -0.25) is 19.7 Å². The predicted molar refractivity (Wildman–Crippen MR) is 133 cm³/mol. The van der Waals surface area contributed by atoms with E-state index in [0.717, 1.165) is 71.1 Å². The summed E-state index contributed by atoms with van der Waals surface area (Å²) in [5.74, 6) is 0.0339. The van der Waals surface area contributed by atoms with Crippen LogP contribution in [0.2, 0.25) is 0 Å². The molecule has 0 aliphatic carbocycles. The average molecular weight is 465 g/mol. The number of aryl methyl sites for hydroxylation is 1. The largest absolute Gasteiger partial charge is 0.350 e. The number of hydrogen-bond acceptors (Lipinski definition) is 3. The smallest absolute Gasteiger partial charge is 0.259 e. The summed E-state index contributed by atoms with van der Waals surface area (Å²) >= 11 is 0. The van der Waals surface area contributed by atoms with E-state index in [1.807, 2.05) is 65.2 Å². The second-order valence-corrected chi connectivity index (χ2v) is 9.94. The van der Waals surface area contributed by atoms with Gasteiger partial charge in [0, 0.05) is 71.5 Å². The summed E-state index contributed by atoms with van der Waals surface area (Å²) in [6.45, 7) is 2.30. The van der Waals surface area contributed by atoms with Crippen LogP contribution in [0.15, 0.2) is 54.7 Å². The van der Waals surface area contributed by atoms with Crippen molar-refractivity contribution in [2.24, 2.45) is 18.9 Å². The van der Waals surface area contributed by atoms with Gasteiger partial charge in [0.2, 0.25) is 6.41 Å². The van der Waals surface area contributed by atoms with Crippen LogP contribution in [0.3, 0.4) is 0 Å². The molecule has 3 aliphatic heterocycles. The van der Waals surface area contributed by atoms with Crippen LogP contribution in [-0.2, 0) is 34.4 Å². The van der Waals surface area contributed by atoms with Crippen LogP contribution in [0.4, 0.5) is 0 Å². The van der Waals surface area contributed by atoms with E-state index in [9.17, 15) is 14.4 Å². The van der Waals surface area contributed by atoms with Gasteiger partial charge in [0.1, 0.15) is 0 Å². The Morgan fingerprint density at radius 2 is 1.54 bits per heavy atom. The Morgan fingerprint density at radius 3 is 2.34 bits per heavy atom. The normalized spacial score (nSPS) is 21.7. The first-order chi connectivity index (χ1) is 17.0. The van der Waals surface area contributed by atoms with Crippen molar-refractivity contribution < 1.29 is 14.4 Å². The molecule has 1 fully saturated rings. The highest BCUT2D eigenvalue weighted by Crippen LogP contribution is 2.44. The van der Waals surface area contributed by atoms with E-state index < -0.39 is 0 Å². The molecule has 1 saturated heterocycles. The first kappa shape index (κ1) is 20.3. The fourth-order valence-electron chi connectivity index (χ4n) is 6.53. The van der Waals surface area contributed by atoms with Crippen LogP contribution in [-0.4, -0.2) is 45.3 Å². The highest BCUT2D eigenvalue weighted by atomic mass is 16.2. The minimum atomic E-state index is -0.355. The van der Waals surface area contributed by atoms with Gasteiger partial charge in [-0.15, -0.1) is 0 Å². The molecule has 4 aromatic rings. The van der Waals surface area contributed by atoms with E-state index in [1.165, 1.54) is 0 Å². The lowest BCUT2D eigenvalue weighted by Crippen LogP contribution is -2.28. The second kappa shape index (κ2) is 7.18. The lowest BCUT2D eigenvalue weighted by atomic mass is 9.85. The number of rotatable bonds is 3. The van der Waals surface area contributed by atoms with Gasteiger partial charge in [0.25, 0.3) is 11.8 Å². The summed E-state index contributed by atoms with van der Waals surface area (Å²) in [6.07, 6.45) is 3.65. The quantitative estimate of drug-likeness (QED) is 0.374. The van der Waals surface area contributed by atoms with Gasteiger partial charge in [-0.25, -0.2) is 0 Å².